The number of benzene rings is 2. The maximum atomic E-state index is 14.0. The van der Waals surface area contributed by atoms with Gasteiger partial charge in [-0.1, -0.05) is 12.1 Å². The summed E-state index contributed by atoms with van der Waals surface area (Å²) in [6.07, 6.45) is -2.30. The summed E-state index contributed by atoms with van der Waals surface area (Å²) in [5.41, 5.74) is 0.0977. The average Bonchev–Trinajstić information content (AvgIpc) is 2.89. The van der Waals surface area contributed by atoms with E-state index in [4.69, 9.17) is 4.74 Å². The predicted molar refractivity (Wildman–Crippen MR) is 131 cm³/mol. The average molecular weight is 532 g/mol. The van der Waals surface area contributed by atoms with E-state index in [1.807, 2.05) is 4.90 Å². The quantitative estimate of drug-likeness (QED) is 0.429. The van der Waals surface area contributed by atoms with Crippen molar-refractivity contribution < 1.29 is 36.6 Å². The second-order valence-corrected chi connectivity index (χ2v) is 8.46. The Balaban J connectivity index is 1.76. The molecule has 1 unspecified atom stereocenters. The number of carbonyl (C=O) groups excluding carboxylic acids is 2. The number of morpholine rings is 1. The minimum absolute atomic E-state index is 0.0216. The first-order chi connectivity index (χ1) is 18.1. The monoisotopic (exact) mass is 532 g/mol. The van der Waals surface area contributed by atoms with Crippen molar-refractivity contribution in [2.75, 3.05) is 36.9 Å². The summed E-state index contributed by atoms with van der Waals surface area (Å²) < 4.78 is 63.6. The van der Waals surface area contributed by atoms with Crippen LogP contribution in [0.25, 0.3) is 11.1 Å². The summed E-state index contributed by atoms with van der Waals surface area (Å²) in [7, 11) is 0. The zero-order valence-corrected chi connectivity index (χ0v) is 20.2. The number of carbonyl (C=O) groups is 2. The van der Waals surface area contributed by atoms with Crippen LogP contribution in [0.5, 0.6) is 5.75 Å². The molecule has 0 aliphatic carbocycles. The lowest BCUT2D eigenvalue weighted by molar-refractivity contribution is -0.274. The van der Waals surface area contributed by atoms with Crippen molar-refractivity contribution in [2.45, 2.75) is 19.3 Å². The summed E-state index contributed by atoms with van der Waals surface area (Å²) in [6, 6.07) is 9.62. The Hall–Kier alpha value is -4.03. The van der Waals surface area contributed by atoms with Crippen LogP contribution >= 0.6 is 0 Å². The maximum absolute atomic E-state index is 14.0. The van der Waals surface area contributed by atoms with E-state index >= 15 is 0 Å². The zero-order valence-electron chi connectivity index (χ0n) is 20.2. The topological polar surface area (TPSA) is 92.8 Å². The van der Waals surface area contributed by atoms with E-state index in [9.17, 15) is 27.2 Å². The molecule has 4 rings (SSSR count). The van der Waals surface area contributed by atoms with Gasteiger partial charge in [0.15, 0.2) is 5.75 Å². The molecule has 1 atom stereocenters. The molecule has 0 bridgehead atoms. The molecule has 2 heterocycles. The van der Waals surface area contributed by atoms with Crippen molar-refractivity contribution in [1.82, 2.24) is 9.88 Å². The van der Waals surface area contributed by atoms with Crippen LogP contribution < -0.4 is 15.4 Å². The van der Waals surface area contributed by atoms with Crippen molar-refractivity contribution in [3.63, 3.8) is 0 Å². The van der Waals surface area contributed by atoms with Crippen LogP contribution in [-0.2, 0) is 9.53 Å². The number of nitrogens with one attached hydrogen (secondary N) is 2. The fourth-order valence-corrected chi connectivity index (χ4v) is 3.94. The van der Waals surface area contributed by atoms with Gasteiger partial charge < -0.3 is 20.1 Å². The highest BCUT2D eigenvalue weighted by Gasteiger charge is 2.34. The van der Waals surface area contributed by atoms with E-state index < -0.39 is 35.8 Å². The van der Waals surface area contributed by atoms with Gasteiger partial charge in [-0.2, -0.15) is 0 Å². The van der Waals surface area contributed by atoms with Gasteiger partial charge in [-0.3, -0.25) is 19.5 Å². The summed E-state index contributed by atoms with van der Waals surface area (Å²) in [4.78, 5) is 31.6. The molecule has 0 saturated carbocycles. The van der Waals surface area contributed by atoms with Crippen LogP contribution in [0, 0.1) is 5.82 Å². The maximum Gasteiger partial charge on any atom is 0.573 e. The van der Waals surface area contributed by atoms with Gasteiger partial charge >= 0.3 is 6.36 Å². The van der Waals surface area contributed by atoms with E-state index in [0.29, 0.717) is 26.3 Å². The molecule has 1 saturated heterocycles. The molecule has 0 spiro atoms. The lowest BCUT2D eigenvalue weighted by Gasteiger charge is -2.31. The van der Waals surface area contributed by atoms with Gasteiger partial charge in [0.25, 0.3) is 5.91 Å². The molecule has 1 fully saturated rings. The smallest absolute Gasteiger partial charge is 0.404 e. The van der Waals surface area contributed by atoms with Crippen LogP contribution in [0.15, 0.2) is 60.9 Å². The number of halogens is 4. The van der Waals surface area contributed by atoms with Gasteiger partial charge in [0.2, 0.25) is 5.91 Å². The number of amides is 2. The van der Waals surface area contributed by atoms with Crippen molar-refractivity contribution in [1.29, 1.82) is 0 Å². The number of pyridine rings is 1. The molecule has 2 N–H and O–H groups in total. The van der Waals surface area contributed by atoms with E-state index in [0.717, 1.165) is 18.2 Å². The van der Waals surface area contributed by atoms with Gasteiger partial charge in [0.1, 0.15) is 5.82 Å². The Kier molecular flexibility index (Phi) is 8.23. The minimum atomic E-state index is -5.09. The fraction of sp³-hybridized carbons (Fsp3) is 0.269. The zero-order chi connectivity index (χ0) is 27.3. The van der Waals surface area contributed by atoms with E-state index in [2.05, 4.69) is 20.4 Å². The number of aromatic nitrogens is 1. The van der Waals surface area contributed by atoms with Crippen molar-refractivity contribution in [2.24, 2.45) is 0 Å². The largest absolute Gasteiger partial charge is 0.573 e. The molecule has 200 valence electrons. The molecule has 1 aliphatic heterocycles. The number of rotatable bonds is 7. The lowest BCUT2D eigenvalue weighted by atomic mass is 10.0. The van der Waals surface area contributed by atoms with Crippen LogP contribution in [-0.4, -0.2) is 60.4 Å². The summed E-state index contributed by atoms with van der Waals surface area (Å²) in [5, 5.41) is 5.11. The summed E-state index contributed by atoms with van der Waals surface area (Å²) in [5.74, 6) is -2.55. The van der Waals surface area contributed by atoms with E-state index in [1.54, 1.807) is 13.0 Å². The second kappa shape index (κ2) is 11.6. The van der Waals surface area contributed by atoms with Gasteiger partial charge in [-0.05, 0) is 48.9 Å². The standard InChI is InChI=1S/C26H24F4N4O4/c1-16(34-8-10-37-11-9-34)24(35)33-22-14-21(32-25(36)18-5-3-7-31-15-18)20(13-23(22)38-26(28,29)30)17-4-2-6-19(27)12-17/h2-7,12-16H,8-11H2,1H3,(H,32,36)(H,33,35). The third kappa shape index (κ3) is 6.84. The first-order valence-electron chi connectivity index (χ1n) is 11.6. The number of anilines is 2. The minimum Gasteiger partial charge on any atom is -0.404 e. The Morgan fingerprint density at radius 3 is 2.47 bits per heavy atom. The van der Waals surface area contributed by atoms with Gasteiger partial charge in [-0.25, -0.2) is 4.39 Å². The normalized spacial score (nSPS) is 15.0. The number of alkyl halides is 3. The Morgan fingerprint density at radius 2 is 1.82 bits per heavy atom. The molecule has 12 heteroatoms. The van der Waals surface area contributed by atoms with Crippen LogP contribution in [0.3, 0.4) is 0 Å². The van der Waals surface area contributed by atoms with E-state index in [-0.39, 0.29) is 28.1 Å². The second-order valence-electron chi connectivity index (χ2n) is 8.46. The molecule has 2 amide bonds. The fourth-order valence-electron chi connectivity index (χ4n) is 3.94. The third-order valence-electron chi connectivity index (χ3n) is 5.88. The highest BCUT2D eigenvalue weighted by molar-refractivity contribution is 6.07. The molecule has 8 nitrogen and oxygen atoms in total. The number of ether oxygens (including phenoxy) is 2. The third-order valence-corrected chi connectivity index (χ3v) is 5.88. The lowest BCUT2D eigenvalue weighted by Crippen LogP contribution is -2.47. The molecule has 3 aromatic rings. The van der Waals surface area contributed by atoms with Crippen LogP contribution in [0.2, 0.25) is 0 Å². The predicted octanol–water partition coefficient (Wildman–Crippen LogP) is 4.70. The van der Waals surface area contributed by atoms with Gasteiger partial charge in [-0.15, -0.1) is 13.2 Å². The molecular weight excluding hydrogens is 508 g/mol. The van der Waals surface area contributed by atoms with Gasteiger partial charge in [0.05, 0.1) is 36.2 Å². The first-order valence-corrected chi connectivity index (χ1v) is 11.6. The Morgan fingerprint density at radius 1 is 1.05 bits per heavy atom. The molecule has 38 heavy (non-hydrogen) atoms. The van der Waals surface area contributed by atoms with Crippen molar-refractivity contribution in [3.8, 4) is 16.9 Å². The highest BCUT2D eigenvalue weighted by Crippen LogP contribution is 2.40. The number of hydrogen-bond acceptors (Lipinski definition) is 6. The first kappa shape index (κ1) is 27.0. The van der Waals surface area contributed by atoms with Crippen molar-refractivity contribution >= 4 is 23.2 Å². The Bertz CT molecular complexity index is 1300. The van der Waals surface area contributed by atoms with Gasteiger partial charge in [0, 0.05) is 31.0 Å². The van der Waals surface area contributed by atoms with E-state index in [1.165, 1.54) is 36.7 Å². The molecule has 0 radical (unpaired) electrons. The SMILES string of the molecule is CC(C(=O)Nc1cc(NC(=O)c2cccnc2)c(-c2cccc(F)c2)cc1OC(F)(F)F)N1CCOCC1. The van der Waals surface area contributed by atoms with Crippen molar-refractivity contribution in [3.05, 3.63) is 72.3 Å². The van der Waals surface area contributed by atoms with Crippen LogP contribution in [0.1, 0.15) is 17.3 Å². The summed E-state index contributed by atoms with van der Waals surface area (Å²) in [6.45, 7) is 3.42. The molecule has 1 aliphatic rings. The Labute approximate surface area is 215 Å². The highest BCUT2D eigenvalue weighted by atomic mass is 19.4. The number of nitrogens with zero attached hydrogens (tertiary/aromatic N) is 2. The number of hydrogen-bond donors (Lipinski definition) is 2. The molecule has 2 aromatic carbocycles. The molecular formula is C26H24F4N4O4. The summed E-state index contributed by atoms with van der Waals surface area (Å²) >= 11 is 0. The van der Waals surface area contributed by atoms with Crippen LogP contribution in [0.4, 0.5) is 28.9 Å². The molecule has 1 aromatic heterocycles.